The molecule has 6 rings (SSSR count). The third-order valence-corrected chi connectivity index (χ3v) is 8.28. The molecule has 5 aromatic rings. The van der Waals surface area contributed by atoms with Gasteiger partial charge in [-0.25, -0.2) is 24.0 Å². The zero-order valence-electron chi connectivity index (χ0n) is 28.7. The van der Waals surface area contributed by atoms with Gasteiger partial charge < -0.3 is 38.9 Å². The average molecular weight is 747 g/mol. The van der Waals surface area contributed by atoms with Crippen LogP contribution in [0.1, 0.15) is 51.8 Å². The molecule has 1 aliphatic heterocycles. The van der Waals surface area contributed by atoms with Gasteiger partial charge in [0, 0.05) is 0 Å². The quantitative estimate of drug-likeness (QED) is 0.0866. The Kier molecular flexibility index (Phi) is 12.2. The monoisotopic (exact) mass is 746 g/mol. The van der Waals surface area contributed by atoms with Gasteiger partial charge in [0.25, 0.3) is 0 Å². The summed E-state index contributed by atoms with van der Waals surface area (Å²) in [6.45, 7) is -0.648. The number of anilines is 1. The molecule has 1 N–H and O–H groups in total. The van der Waals surface area contributed by atoms with Gasteiger partial charge in [-0.1, -0.05) is 72.8 Å². The molecule has 14 nitrogen and oxygen atoms in total. The van der Waals surface area contributed by atoms with Crippen molar-refractivity contribution in [2.75, 3.05) is 11.8 Å². The first-order valence-electron chi connectivity index (χ1n) is 16.8. The molecule has 1 fully saturated rings. The highest BCUT2D eigenvalue weighted by atomic mass is 16.8. The van der Waals surface area contributed by atoms with Gasteiger partial charge in [0.05, 0.1) is 33.5 Å². The Morgan fingerprint density at radius 3 is 1.42 bits per heavy atom. The zero-order chi connectivity index (χ0) is 38.7. The van der Waals surface area contributed by atoms with Crippen LogP contribution in [0.25, 0.3) is 0 Å². The molecule has 5 atom stereocenters. The van der Waals surface area contributed by atoms with Gasteiger partial charge in [-0.3, -0.25) is 5.21 Å². The number of carbonyl (C=O) groups is 5. The first-order chi connectivity index (χ1) is 26.7. The Labute approximate surface area is 313 Å². The molecule has 5 aromatic carbocycles. The Balaban J connectivity index is 1.38. The Bertz CT molecular complexity index is 2080. The van der Waals surface area contributed by atoms with Crippen molar-refractivity contribution < 1.29 is 57.6 Å². The maximum atomic E-state index is 13.6. The number of rotatable bonds is 13. The van der Waals surface area contributed by atoms with Crippen LogP contribution in [0, 0.1) is 5.21 Å². The number of carbonyl (C=O) groups excluding carboxylic acids is 5. The van der Waals surface area contributed by atoms with Gasteiger partial charge in [0.2, 0.25) is 12.4 Å². The number of benzene rings is 5. The molecule has 14 heteroatoms. The van der Waals surface area contributed by atoms with Crippen LogP contribution >= 0.6 is 0 Å². The van der Waals surface area contributed by atoms with Crippen molar-refractivity contribution >= 4 is 35.5 Å². The molecule has 5 unspecified atom stereocenters. The normalized spacial score (nSPS) is 17.9. The van der Waals surface area contributed by atoms with Crippen molar-refractivity contribution in [2.45, 2.75) is 30.7 Å². The highest BCUT2D eigenvalue weighted by Gasteiger charge is 2.56. The highest BCUT2D eigenvalue weighted by molar-refractivity contribution is 5.92. The van der Waals surface area contributed by atoms with Gasteiger partial charge in [-0.05, 0) is 72.8 Å². The van der Waals surface area contributed by atoms with Crippen molar-refractivity contribution in [1.82, 2.24) is 0 Å². The molecule has 0 radical (unpaired) electrons. The summed E-state index contributed by atoms with van der Waals surface area (Å²) in [5.41, 5.74) is 0.214. The lowest BCUT2D eigenvalue weighted by Gasteiger charge is -2.28. The largest absolute Gasteiger partial charge is 0.733 e. The molecule has 0 bridgehead atoms. The van der Waals surface area contributed by atoms with E-state index in [1.165, 1.54) is 60.7 Å². The molecule has 1 aliphatic rings. The van der Waals surface area contributed by atoms with Crippen LogP contribution in [-0.4, -0.2) is 72.4 Å². The van der Waals surface area contributed by atoms with Crippen LogP contribution in [0.4, 0.5) is 5.69 Å². The van der Waals surface area contributed by atoms with E-state index in [1.807, 2.05) is 0 Å². The minimum absolute atomic E-state index is 0.0924. The van der Waals surface area contributed by atoms with E-state index in [2.05, 4.69) is 0 Å². The van der Waals surface area contributed by atoms with Crippen LogP contribution in [0.3, 0.4) is 0 Å². The van der Waals surface area contributed by atoms with E-state index >= 15 is 0 Å². The maximum absolute atomic E-state index is 13.6. The Morgan fingerprint density at radius 2 is 0.945 bits per heavy atom. The molecular weight excluding hydrogens is 714 g/mol. The summed E-state index contributed by atoms with van der Waals surface area (Å²) >= 11 is 0. The van der Waals surface area contributed by atoms with Crippen LogP contribution < -0.4 is 5.23 Å². The summed E-state index contributed by atoms with van der Waals surface area (Å²) in [5.74, 6) is -4.49. The molecule has 0 aliphatic carbocycles. The summed E-state index contributed by atoms with van der Waals surface area (Å²) < 4.78 is 35.1. The van der Waals surface area contributed by atoms with Crippen molar-refractivity contribution in [3.05, 3.63) is 179 Å². The fourth-order valence-electron chi connectivity index (χ4n) is 5.52. The van der Waals surface area contributed by atoms with Crippen LogP contribution in [0.15, 0.2) is 146 Å². The number of ether oxygens (including phenoxy) is 6. The Morgan fingerprint density at radius 1 is 0.545 bits per heavy atom. The van der Waals surface area contributed by atoms with E-state index in [4.69, 9.17) is 28.4 Å². The van der Waals surface area contributed by atoms with E-state index < -0.39 is 72.4 Å². The number of nitrogens with zero attached hydrogens (tertiary/aromatic N) is 1. The van der Waals surface area contributed by atoms with Gasteiger partial charge in [-0.2, -0.15) is 0 Å². The predicted molar refractivity (Wildman–Crippen MR) is 192 cm³/mol. The van der Waals surface area contributed by atoms with E-state index in [0.29, 0.717) is 0 Å². The third kappa shape index (κ3) is 9.57. The lowest BCUT2D eigenvalue weighted by molar-refractivity contribution is -0.156. The summed E-state index contributed by atoms with van der Waals surface area (Å²) in [4.78, 5) is 67.3. The first kappa shape index (κ1) is 37.9. The lowest BCUT2D eigenvalue weighted by atomic mass is 10.0. The molecule has 1 heterocycles. The topological polar surface area (TPSA) is 187 Å². The van der Waals surface area contributed by atoms with E-state index in [1.54, 1.807) is 72.8 Å². The van der Waals surface area contributed by atoms with Crippen LogP contribution in [-0.2, 0) is 28.4 Å². The van der Waals surface area contributed by atoms with Gasteiger partial charge in [0.15, 0.2) is 12.2 Å². The molecular formula is C41H32NO13-. The first-order valence-corrected chi connectivity index (χ1v) is 16.8. The van der Waals surface area contributed by atoms with E-state index in [9.17, 15) is 34.4 Å². The fraction of sp³-hybridized carbons (Fsp3) is 0.146. The van der Waals surface area contributed by atoms with Gasteiger partial charge >= 0.3 is 29.8 Å². The zero-order valence-corrected chi connectivity index (χ0v) is 28.7. The fourth-order valence-corrected chi connectivity index (χ4v) is 5.52. The molecule has 1 saturated heterocycles. The lowest BCUT2D eigenvalue weighted by Crippen LogP contribution is -2.47. The third-order valence-electron chi connectivity index (χ3n) is 8.28. The van der Waals surface area contributed by atoms with Gasteiger partial charge in [0.1, 0.15) is 12.7 Å². The number of hydrogen-bond donors (Lipinski definition) is 1. The van der Waals surface area contributed by atoms with Crippen molar-refractivity contribution in [2.24, 2.45) is 0 Å². The minimum atomic E-state index is -1.81. The van der Waals surface area contributed by atoms with Crippen LogP contribution in [0.5, 0.6) is 0 Å². The van der Waals surface area contributed by atoms with Crippen molar-refractivity contribution in [3.8, 4) is 0 Å². The molecule has 55 heavy (non-hydrogen) atoms. The molecule has 0 aromatic heterocycles. The standard InChI is InChI=1S/C41H32NO13/c43-36(26-13-5-1-6-14-26)50-25-32(51-37(44)27-15-7-2-8-16-27)33-34(52-38(45)28-17-9-3-10-18-28)35(53-39(46)29-19-11-4-12-20-29)41(54-33)55-40(47)30-21-23-31(24-22-30)42(48)49/h1-24,32-35,41,48H,25H2/q-1. The predicted octanol–water partition coefficient (Wildman–Crippen LogP) is 5.80. The summed E-state index contributed by atoms with van der Waals surface area (Å²) in [6, 6.07) is 36.2. The second-order valence-electron chi connectivity index (χ2n) is 11.9. The minimum Gasteiger partial charge on any atom is -0.733 e. The van der Waals surface area contributed by atoms with Crippen molar-refractivity contribution in [1.29, 1.82) is 0 Å². The molecule has 280 valence electrons. The second kappa shape index (κ2) is 17.8. The van der Waals surface area contributed by atoms with Crippen molar-refractivity contribution in [3.63, 3.8) is 0 Å². The highest BCUT2D eigenvalue weighted by Crippen LogP contribution is 2.33. The summed E-state index contributed by atoms with van der Waals surface area (Å²) in [6.07, 6.45) is -8.28. The SMILES string of the molecule is O=C(OCC(OC(=O)c1ccccc1)C1OC(OC(=O)c2ccc(N([O-])O)cc2)C(OC(=O)c2ccccc2)C1OC(=O)c1ccccc1)c1ccccc1. The number of hydrogen-bond acceptors (Lipinski definition) is 14. The summed E-state index contributed by atoms with van der Waals surface area (Å²) in [5, 5.41) is 20.1. The second-order valence-corrected chi connectivity index (χ2v) is 11.9. The molecule has 0 amide bonds. The molecule has 0 spiro atoms. The molecule has 0 saturated carbocycles. The summed E-state index contributed by atoms with van der Waals surface area (Å²) in [7, 11) is 0. The number of esters is 5. The van der Waals surface area contributed by atoms with Gasteiger partial charge in [-0.15, -0.1) is 0 Å². The smallest absolute Gasteiger partial charge is 0.340 e. The Hall–Kier alpha value is -6.87. The average Bonchev–Trinajstić information content (AvgIpc) is 3.55. The van der Waals surface area contributed by atoms with E-state index in [0.717, 1.165) is 12.1 Å². The maximum Gasteiger partial charge on any atom is 0.340 e. The van der Waals surface area contributed by atoms with E-state index in [-0.39, 0.29) is 33.5 Å². The van der Waals surface area contributed by atoms with Crippen LogP contribution in [0.2, 0.25) is 0 Å².